The Morgan fingerprint density at radius 1 is 1.10 bits per heavy atom. The Kier molecular flexibility index (Phi) is 7.65. The lowest BCUT2D eigenvalue weighted by molar-refractivity contribution is -0.111. The smallest absolute Gasteiger partial charge is 0.248 e. The molecule has 3 rings (SSSR count). The zero-order chi connectivity index (χ0) is 21.5. The van der Waals surface area contributed by atoms with E-state index in [1.807, 2.05) is 12.1 Å². The van der Waals surface area contributed by atoms with E-state index in [1.165, 1.54) is 19.3 Å². The minimum Gasteiger partial charge on any atom is -0.493 e. The zero-order valence-electron chi connectivity index (χ0n) is 16.0. The van der Waals surface area contributed by atoms with E-state index in [9.17, 15) is 9.18 Å². The molecule has 4 nitrogen and oxygen atoms in total. The summed E-state index contributed by atoms with van der Waals surface area (Å²) in [5.74, 6) is 0.335. The monoisotopic (exact) mass is 533 g/mol. The third kappa shape index (κ3) is 5.93. The van der Waals surface area contributed by atoms with Gasteiger partial charge in [-0.25, -0.2) is 4.39 Å². The van der Waals surface area contributed by atoms with Crippen molar-refractivity contribution in [1.29, 1.82) is 0 Å². The van der Waals surface area contributed by atoms with E-state index in [4.69, 9.17) is 9.47 Å². The van der Waals surface area contributed by atoms with Crippen LogP contribution in [0, 0.1) is 5.82 Å². The average Bonchev–Trinajstić information content (AvgIpc) is 2.74. The van der Waals surface area contributed by atoms with Crippen molar-refractivity contribution >= 4 is 49.5 Å². The standard InChI is InChI=1S/C23H18Br2FNO3/c1-29-21-13-15(6-11-22(28)27-18-9-7-17(24)8-10-18)12-19(25)23(21)30-14-16-4-2-3-5-20(16)26/h2-13H,14H2,1H3,(H,27,28)/b11-6+. The van der Waals surface area contributed by atoms with Gasteiger partial charge >= 0.3 is 0 Å². The molecule has 1 N–H and O–H groups in total. The Morgan fingerprint density at radius 2 is 1.83 bits per heavy atom. The van der Waals surface area contributed by atoms with Gasteiger partial charge in [0.2, 0.25) is 5.91 Å². The molecule has 0 aliphatic carbocycles. The number of benzene rings is 3. The van der Waals surface area contributed by atoms with Crippen molar-refractivity contribution in [1.82, 2.24) is 0 Å². The van der Waals surface area contributed by atoms with Gasteiger partial charge in [-0.2, -0.15) is 0 Å². The lowest BCUT2D eigenvalue weighted by Crippen LogP contribution is -2.07. The quantitative estimate of drug-likeness (QED) is 0.348. The van der Waals surface area contributed by atoms with Crippen molar-refractivity contribution in [2.75, 3.05) is 12.4 Å². The molecule has 0 aromatic heterocycles. The normalized spacial score (nSPS) is 10.8. The number of carbonyl (C=O) groups is 1. The summed E-state index contributed by atoms with van der Waals surface area (Å²) in [6.07, 6.45) is 3.10. The summed E-state index contributed by atoms with van der Waals surface area (Å²) in [4.78, 5) is 12.2. The van der Waals surface area contributed by atoms with Crippen LogP contribution in [0.25, 0.3) is 6.08 Å². The molecule has 0 aliphatic rings. The number of carbonyl (C=O) groups excluding carboxylic acids is 1. The molecule has 0 radical (unpaired) electrons. The number of anilines is 1. The fraction of sp³-hybridized carbons (Fsp3) is 0.0870. The molecule has 154 valence electrons. The van der Waals surface area contributed by atoms with Crippen molar-refractivity contribution < 1.29 is 18.7 Å². The SMILES string of the molecule is COc1cc(/C=C/C(=O)Nc2ccc(Br)cc2)cc(Br)c1OCc1ccccc1F. The maximum absolute atomic E-state index is 13.8. The molecule has 3 aromatic carbocycles. The second-order valence-electron chi connectivity index (χ2n) is 6.24. The van der Waals surface area contributed by atoms with Gasteiger partial charge in [0, 0.05) is 21.8 Å². The molecule has 3 aromatic rings. The molecule has 0 aliphatic heterocycles. The lowest BCUT2D eigenvalue weighted by atomic mass is 10.1. The first-order valence-corrected chi connectivity index (χ1v) is 10.5. The first-order chi connectivity index (χ1) is 14.5. The van der Waals surface area contributed by atoms with Crippen molar-refractivity contribution in [3.05, 3.63) is 92.6 Å². The van der Waals surface area contributed by atoms with Crippen LogP contribution in [0.2, 0.25) is 0 Å². The van der Waals surface area contributed by atoms with E-state index in [1.54, 1.807) is 48.5 Å². The van der Waals surface area contributed by atoms with E-state index in [0.29, 0.717) is 27.2 Å². The summed E-state index contributed by atoms with van der Waals surface area (Å²) in [6, 6.07) is 17.3. The largest absolute Gasteiger partial charge is 0.493 e. The lowest BCUT2D eigenvalue weighted by Gasteiger charge is -2.14. The van der Waals surface area contributed by atoms with E-state index >= 15 is 0 Å². The molecule has 1 amide bonds. The third-order valence-electron chi connectivity index (χ3n) is 4.12. The maximum Gasteiger partial charge on any atom is 0.248 e. The number of rotatable bonds is 7. The summed E-state index contributed by atoms with van der Waals surface area (Å²) in [6.45, 7) is 0.0619. The molecule has 0 spiro atoms. The summed E-state index contributed by atoms with van der Waals surface area (Å²) in [7, 11) is 1.52. The van der Waals surface area contributed by atoms with Crippen LogP contribution in [0.1, 0.15) is 11.1 Å². The van der Waals surface area contributed by atoms with Crippen LogP contribution in [0.15, 0.2) is 75.7 Å². The summed E-state index contributed by atoms with van der Waals surface area (Å²) in [5, 5.41) is 2.79. The van der Waals surface area contributed by atoms with Gasteiger partial charge in [0.05, 0.1) is 11.6 Å². The average molecular weight is 535 g/mol. The molecule has 0 fully saturated rings. The highest BCUT2D eigenvalue weighted by atomic mass is 79.9. The highest BCUT2D eigenvalue weighted by Gasteiger charge is 2.12. The second-order valence-corrected chi connectivity index (χ2v) is 8.01. The predicted molar refractivity (Wildman–Crippen MR) is 123 cm³/mol. The van der Waals surface area contributed by atoms with E-state index in [-0.39, 0.29) is 18.3 Å². The Bertz CT molecular complexity index is 1070. The van der Waals surface area contributed by atoms with Crippen LogP contribution in [0.3, 0.4) is 0 Å². The number of hydrogen-bond acceptors (Lipinski definition) is 3. The van der Waals surface area contributed by atoms with Crippen LogP contribution in [-0.2, 0) is 11.4 Å². The van der Waals surface area contributed by atoms with Gasteiger partial charge in [-0.15, -0.1) is 0 Å². The summed E-state index contributed by atoms with van der Waals surface area (Å²) >= 11 is 6.82. The number of nitrogens with one attached hydrogen (secondary N) is 1. The highest BCUT2D eigenvalue weighted by Crippen LogP contribution is 2.37. The van der Waals surface area contributed by atoms with E-state index in [0.717, 1.165) is 10.0 Å². The molecule has 0 saturated carbocycles. The fourth-order valence-electron chi connectivity index (χ4n) is 2.63. The molecule has 0 saturated heterocycles. The van der Waals surface area contributed by atoms with Gasteiger partial charge in [0.25, 0.3) is 0 Å². The van der Waals surface area contributed by atoms with Gasteiger partial charge in [0.15, 0.2) is 11.5 Å². The van der Waals surface area contributed by atoms with E-state index in [2.05, 4.69) is 37.2 Å². The number of halogens is 3. The minimum atomic E-state index is -0.330. The molecule has 0 bridgehead atoms. The van der Waals surface area contributed by atoms with Gasteiger partial charge in [0.1, 0.15) is 12.4 Å². The van der Waals surface area contributed by atoms with Gasteiger partial charge in [-0.3, -0.25) is 4.79 Å². The Hall–Kier alpha value is -2.64. The second kappa shape index (κ2) is 10.4. The topological polar surface area (TPSA) is 47.6 Å². The molecule has 7 heteroatoms. The van der Waals surface area contributed by atoms with Crippen LogP contribution in [-0.4, -0.2) is 13.0 Å². The minimum absolute atomic E-state index is 0.0619. The van der Waals surface area contributed by atoms with Crippen LogP contribution < -0.4 is 14.8 Å². The Morgan fingerprint density at radius 3 is 2.53 bits per heavy atom. The molecular formula is C23H18Br2FNO3. The molecule has 30 heavy (non-hydrogen) atoms. The number of amides is 1. The molecule has 0 unspecified atom stereocenters. The summed E-state index contributed by atoms with van der Waals surface area (Å²) in [5.41, 5.74) is 1.88. The molecule has 0 atom stereocenters. The number of hydrogen-bond donors (Lipinski definition) is 1. The molecular weight excluding hydrogens is 517 g/mol. The van der Waals surface area contributed by atoms with Crippen molar-refractivity contribution in [2.24, 2.45) is 0 Å². The van der Waals surface area contributed by atoms with Crippen LogP contribution in [0.4, 0.5) is 10.1 Å². The van der Waals surface area contributed by atoms with Crippen LogP contribution >= 0.6 is 31.9 Å². The Balaban J connectivity index is 1.71. The molecule has 0 heterocycles. The number of methoxy groups -OCH3 is 1. The van der Waals surface area contributed by atoms with Gasteiger partial charge < -0.3 is 14.8 Å². The Labute approximate surface area is 191 Å². The van der Waals surface area contributed by atoms with Crippen molar-refractivity contribution in [3.8, 4) is 11.5 Å². The van der Waals surface area contributed by atoms with Crippen LogP contribution in [0.5, 0.6) is 11.5 Å². The highest BCUT2D eigenvalue weighted by molar-refractivity contribution is 9.10. The van der Waals surface area contributed by atoms with Gasteiger partial charge in [-0.1, -0.05) is 34.1 Å². The zero-order valence-corrected chi connectivity index (χ0v) is 19.2. The van der Waals surface area contributed by atoms with Gasteiger partial charge in [-0.05, 0) is 70.0 Å². The fourth-order valence-corrected chi connectivity index (χ4v) is 3.47. The predicted octanol–water partition coefficient (Wildman–Crippen LogP) is 6.59. The van der Waals surface area contributed by atoms with Crippen molar-refractivity contribution in [2.45, 2.75) is 6.61 Å². The summed E-state index contributed by atoms with van der Waals surface area (Å²) < 4.78 is 26.6. The maximum atomic E-state index is 13.8. The van der Waals surface area contributed by atoms with Crippen molar-refractivity contribution in [3.63, 3.8) is 0 Å². The first kappa shape index (κ1) is 22.1. The third-order valence-corrected chi connectivity index (χ3v) is 5.24. The van der Waals surface area contributed by atoms with E-state index < -0.39 is 0 Å². The first-order valence-electron chi connectivity index (χ1n) is 8.94. The number of ether oxygens (including phenoxy) is 2.